The molecule has 14 heavy (non-hydrogen) atoms. The molecule has 0 bridgehead atoms. The van der Waals surface area contributed by atoms with Crippen LogP contribution in [0.5, 0.6) is 0 Å². The van der Waals surface area contributed by atoms with Gasteiger partial charge in [-0.05, 0) is 37.8 Å². The van der Waals surface area contributed by atoms with E-state index in [1.54, 1.807) is 0 Å². The van der Waals surface area contributed by atoms with Gasteiger partial charge in [-0.1, -0.05) is 12.8 Å². The highest BCUT2D eigenvalue weighted by Gasteiger charge is 2.25. The van der Waals surface area contributed by atoms with Gasteiger partial charge < -0.3 is 10.2 Å². The number of halogens is 1. The maximum absolute atomic E-state index is 6.02. The highest BCUT2D eigenvalue weighted by molar-refractivity contribution is 5.85. The van der Waals surface area contributed by atoms with Crippen molar-refractivity contribution in [3.63, 3.8) is 0 Å². The van der Waals surface area contributed by atoms with Gasteiger partial charge in [-0.3, -0.25) is 0 Å². The van der Waals surface area contributed by atoms with Crippen molar-refractivity contribution in [2.45, 2.75) is 39.2 Å². The van der Waals surface area contributed by atoms with E-state index < -0.39 is 0 Å². The van der Waals surface area contributed by atoms with Crippen molar-refractivity contribution in [2.75, 3.05) is 0 Å². The molecule has 0 amide bonds. The van der Waals surface area contributed by atoms with Crippen molar-refractivity contribution in [3.8, 4) is 0 Å². The molecule has 0 spiro atoms. The first kappa shape index (κ1) is 11.6. The minimum atomic E-state index is 0. The van der Waals surface area contributed by atoms with Gasteiger partial charge in [-0.2, -0.15) is 0 Å². The van der Waals surface area contributed by atoms with Crippen molar-refractivity contribution < 1.29 is 4.42 Å². The van der Waals surface area contributed by atoms with Gasteiger partial charge in [-0.15, -0.1) is 12.4 Å². The zero-order valence-electron chi connectivity index (χ0n) is 8.75. The zero-order valence-corrected chi connectivity index (χ0v) is 9.56. The molecular weight excluding hydrogens is 198 g/mol. The lowest BCUT2D eigenvalue weighted by atomic mass is 10.1. The van der Waals surface area contributed by atoms with E-state index in [1.165, 1.54) is 18.4 Å². The van der Waals surface area contributed by atoms with Gasteiger partial charge in [0, 0.05) is 0 Å². The Labute approximate surface area is 91.3 Å². The molecular formula is C11H18ClNO. The van der Waals surface area contributed by atoms with E-state index in [9.17, 15) is 0 Å². The van der Waals surface area contributed by atoms with E-state index in [0.717, 1.165) is 23.9 Å². The van der Waals surface area contributed by atoms with Crippen LogP contribution < -0.4 is 5.73 Å². The van der Waals surface area contributed by atoms with Crippen molar-refractivity contribution in [2.24, 2.45) is 11.7 Å². The zero-order chi connectivity index (χ0) is 9.42. The standard InChI is InChI=1S/C11H17NO.ClH/c1-7-5-11(13-8(7)2)10(12)6-9-3-4-9;/h5,9-10H,3-4,6,12H2,1-2H3;1H/t10-;/m0./s1. The minimum absolute atomic E-state index is 0. The lowest BCUT2D eigenvalue weighted by molar-refractivity contribution is 0.424. The summed E-state index contributed by atoms with van der Waals surface area (Å²) in [5, 5.41) is 0. The van der Waals surface area contributed by atoms with E-state index in [-0.39, 0.29) is 18.4 Å². The molecule has 1 aliphatic carbocycles. The molecule has 3 heteroatoms. The van der Waals surface area contributed by atoms with E-state index >= 15 is 0 Å². The molecule has 0 aliphatic heterocycles. The molecule has 1 aromatic rings. The van der Waals surface area contributed by atoms with Crippen LogP contribution in [-0.4, -0.2) is 0 Å². The Kier molecular flexibility index (Phi) is 3.62. The molecule has 1 aromatic heterocycles. The van der Waals surface area contributed by atoms with E-state index in [4.69, 9.17) is 10.2 Å². The maximum Gasteiger partial charge on any atom is 0.121 e. The summed E-state index contributed by atoms with van der Waals surface area (Å²) >= 11 is 0. The molecule has 0 unspecified atom stereocenters. The van der Waals surface area contributed by atoms with Gasteiger partial charge in [-0.25, -0.2) is 0 Å². The van der Waals surface area contributed by atoms with Crippen LogP contribution in [0.15, 0.2) is 10.5 Å². The lowest BCUT2D eigenvalue weighted by Crippen LogP contribution is -2.09. The van der Waals surface area contributed by atoms with E-state index in [1.807, 2.05) is 6.92 Å². The van der Waals surface area contributed by atoms with Crippen LogP contribution in [0.4, 0.5) is 0 Å². The van der Waals surface area contributed by atoms with Crippen molar-refractivity contribution in [1.82, 2.24) is 0 Å². The molecule has 80 valence electrons. The third-order valence-corrected chi connectivity index (χ3v) is 2.83. The summed E-state index contributed by atoms with van der Waals surface area (Å²) in [5.41, 5.74) is 7.23. The van der Waals surface area contributed by atoms with Gasteiger partial charge in [0.1, 0.15) is 11.5 Å². The summed E-state index contributed by atoms with van der Waals surface area (Å²) in [6, 6.07) is 2.18. The first-order valence-corrected chi connectivity index (χ1v) is 4.99. The number of rotatable bonds is 3. The summed E-state index contributed by atoms with van der Waals surface area (Å²) < 4.78 is 5.58. The summed E-state index contributed by atoms with van der Waals surface area (Å²) in [6.07, 6.45) is 3.80. The number of hydrogen-bond acceptors (Lipinski definition) is 2. The average molecular weight is 216 g/mol. The van der Waals surface area contributed by atoms with Crippen LogP contribution in [0.3, 0.4) is 0 Å². The van der Waals surface area contributed by atoms with Crippen LogP contribution in [-0.2, 0) is 0 Å². The molecule has 2 N–H and O–H groups in total. The van der Waals surface area contributed by atoms with Crippen molar-refractivity contribution in [3.05, 3.63) is 23.2 Å². The van der Waals surface area contributed by atoms with Crippen LogP contribution in [0, 0.1) is 19.8 Å². The van der Waals surface area contributed by atoms with Gasteiger partial charge >= 0.3 is 0 Å². The normalized spacial score (nSPS) is 17.6. The second-order valence-electron chi connectivity index (χ2n) is 4.17. The van der Waals surface area contributed by atoms with Crippen LogP contribution in [0.25, 0.3) is 0 Å². The first-order chi connectivity index (χ1) is 6.16. The number of aryl methyl sites for hydroxylation is 2. The quantitative estimate of drug-likeness (QED) is 0.842. The lowest BCUT2D eigenvalue weighted by Gasteiger charge is -2.06. The van der Waals surface area contributed by atoms with Gasteiger partial charge in [0.25, 0.3) is 0 Å². The molecule has 1 saturated carbocycles. The SMILES string of the molecule is Cc1cc([C@@H](N)CC2CC2)oc1C.Cl. The monoisotopic (exact) mass is 215 g/mol. The van der Waals surface area contributed by atoms with Crippen LogP contribution in [0.1, 0.15) is 42.4 Å². The maximum atomic E-state index is 6.02. The van der Waals surface area contributed by atoms with Crippen LogP contribution in [0.2, 0.25) is 0 Å². The smallest absolute Gasteiger partial charge is 0.121 e. The fourth-order valence-electron chi connectivity index (χ4n) is 1.61. The Bertz CT molecular complexity index is 285. The minimum Gasteiger partial charge on any atom is -0.464 e. The fourth-order valence-corrected chi connectivity index (χ4v) is 1.61. The molecule has 2 nitrogen and oxygen atoms in total. The summed E-state index contributed by atoms with van der Waals surface area (Å²) in [5.74, 6) is 2.82. The first-order valence-electron chi connectivity index (χ1n) is 4.99. The molecule has 0 aromatic carbocycles. The Morgan fingerprint density at radius 3 is 2.57 bits per heavy atom. The fraction of sp³-hybridized carbons (Fsp3) is 0.636. The van der Waals surface area contributed by atoms with E-state index in [0.29, 0.717) is 0 Å². The predicted octanol–water partition coefficient (Wildman–Crippen LogP) is 3.12. The molecule has 2 rings (SSSR count). The summed E-state index contributed by atoms with van der Waals surface area (Å²) in [4.78, 5) is 0. The largest absolute Gasteiger partial charge is 0.464 e. The Morgan fingerprint density at radius 2 is 2.14 bits per heavy atom. The Morgan fingerprint density at radius 1 is 1.50 bits per heavy atom. The number of furan rings is 1. The summed E-state index contributed by atoms with van der Waals surface area (Å²) in [6.45, 7) is 4.05. The molecule has 1 heterocycles. The Balaban J connectivity index is 0.000000980. The van der Waals surface area contributed by atoms with Gasteiger partial charge in [0.05, 0.1) is 6.04 Å². The topological polar surface area (TPSA) is 39.2 Å². The molecule has 0 saturated heterocycles. The third kappa shape index (κ3) is 2.52. The highest BCUT2D eigenvalue weighted by atomic mass is 35.5. The molecule has 1 atom stereocenters. The number of nitrogens with two attached hydrogens (primary N) is 1. The second kappa shape index (κ2) is 4.37. The molecule has 0 radical (unpaired) electrons. The van der Waals surface area contributed by atoms with Crippen LogP contribution >= 0.6 is 12.4 Å². The third-order valence-electron chi connectivity index (χ3n) is 2.83. The van der Waals surface area contributed by atoms with Gasteiger partial charge in [0.15, 0.2) is 0 Å². The predicted molar refractivity (Wildman–Crippen MR) is 59.7 cm³/mol. The van der Waals surface area contributed by atoms with Gasteiger partial charge in [0.2, 0.25) is 0 Å². The van der Waals surface area contributed by atoms with Crippen molar-refractivity contribution in [1.29, 1.82) is 0 Å². The van der Waals surface area contributed by atoms with Crippen molar-refractivity contribution >= 4 is 12.4 Å². The van der Waals surface area contributed by atoms with E-state index in [2.05, 4.69) is 13.0 Å². The second-order valence-corrected chi connectivity index (χ2v) is 4.17. The molecule has 1 fully saturated rings. The number of hydrogen-bond donors (Lipinski definition) is 1. The Hall–Kier alpha value is -0.470. The average Bonchev–Trinajstić information content (AvgIpc) is 2.81. The highest BCUT2D eigenvalue weighted by Crippen LogP contribution is 2.37. The summed E-state index contributed by atoms with van der Waals surface area (Å²) in [7, 11) is 0. The molecule has 1 aliphatic rings.